The summed E-state index contributed by atoms with van der Waals surface area (Å²) in [6, 6.07) is 0. The lowest BCUT2D eigenvalue weighted by molar-refractivity contribution is -0.162. The van der Waals surface area contributed by atoms with Crippen molar-refractivity contribution in [1.29, 1.82) is 0 Å². The third kappa shape index (κ3) is 47.0. The van der Waals surface area contributed by atoms with Gasteiger partial charge in [0.1, 0.15) is 6.61 Å². The number of hydrogen-bond acceptors (Lipinski definition) is 5. The highest BCUT2D eigenvalue weighted by Gasteiger charge is 2.17. The van der Waals surface area contributed by atoms with Crippen LogP contribution in [0.25, 0.3) is 0 Å². The van der Waals surface area contributed by atoms with Crippen LogP contribution in [-0.4, -0.2) is 37.9 Å². The molecule has 0 rings (SSSR count). The van der Waals surface area contributed by atoms with E-state index in [4.69, 9.17) is 14.2 Å². The van der Waals surface area contributed by atoms with Crippen molar-refractivity contribution >= 4 is 11.9 Å². The molecule has 0 aromatic heterocycles. The maximum Gasteiger partial charge on any atom is 0.306 e. The van der Waals surface area contributed by atoms with Crippen LogP contribution in [-0.2, 0) is 23.8 Å². The van der Waals surface area contributed by atoms with Crippen LogP contribution in [0, 0.1) is 0 Å². The first-order valence-corrected chi connectivity index (χ1v) is 24.1. The molecule has 0 saturated heterocycles. The number of ether oxygens (including phenoxy) is 3. The van der Waals surface area contributed by atoms with E-state index in [0.29, 0.717) is 25.9 Å². The Morgan fingerprint density at radius 3 is 1.28 bits per heavy atom. The van der Waals surface area contributed by atoms with Crippen molar-refractivity contribution in [2.24, 2.45) is 0 Å². The van der Waals surface area contributed by atoms with Crippen molar-refractivity contribution in [2.45, 2.75) is 194 Å². The van der Waals surface area contributed by atoms with Crippen LogP contribution in [0.1, 0.15) is 188 Å². The van der Waals surface area contributed by atoms with Gasteiger partial charge in [-0.25, -0.2) is 0 Å². The Balaban J connectivity index is 4.43. The van der Waals surface area contributed by atoms with Crippen LogP contribution >= 0.6 is 0 Å². The maximum absolute atomic E-state index is 12.7. The monoisotopic (exact) mass is 829 g/mol. The summed E-state index contributed by atoms with van der Waals surface area (Å²) in [5, 5.41) is 0. The van der Waals surface area contributed by atoms with Crippen molar-refractivity contribution in [3.8, 4) is 0 Å². The van der Waals surface area contributed by atoms with Crippen molar-refractivity contribution in [2.75, 3.05) is 19.8 Å². The molecule has 0 radical (unpaired) electrons. The number of carbonyl (C=O) groups excluding carboxylic acids is 2. The van der Waals surface area contributed by atoms with E-state index in [-0.39, 0.29) is 25.2 Å². The number of esters is 2. The van der Waals surface area contributed by atoms with Crippen LogP contribution in [0.5, 0.6) is 0 Å². The van der Waals surface area contributed by atoms with E-state index in [9.17, 15) is 9.59 Å². The van der Waals surface area contributed by atoms with E-state index >= 15 is 0 Å². The van der Waals surface area contributed by atoms with E-state index in [2.05, 4.69) is 136 Å². The zero-order chi connectivity index (χ0) is 43.5. The number of hydrogen-bond donors (Lipinski definition) is 0. The fraction of sp³-hybridized carbons (Fsp3) is 0.600. The first-order chi connectivity index (χ1) is 29.6. The van der Waals surface area contributed by atoms with E-state index in [1.54, 1.807) is 0 Å². The minimum Gasteiger partial charge on any atom is -0.462 e. The third-order valence-electron chi connectivity index (χ3n) is 9.48. The molecule has 0 aliphatic rings. The SMILES string of the molecule is CC/C=C\C/C=C\C/C=C\C/C=C\C/C=C\C/C=C\CCC(=O)OCC(COCCCCCC/C=C\C/C=C\C/C=C\CC)OC(=O)CCCCCCC/C=C\CCCC. The zero-order valence-electron chi connectivity index (χ0n) is 38.7. The van der Waals surface area contributed by atoms with Gasteiger partial charge in [0.25, 0.3) is 0 Å². The quantitative estimate of drug-likeness (QED) is 0.0348. The van der Waals surface area contributed by atoms with Crippen LogP contribution in [0.3, 0.4) is 0 Å². The number of unbranched alkanes of at least 4 members (excludes halogenated alkanes) is 11. The summed E-state index contributed by atoms with van der Waals surface area (Å²) in [4.78, 5) is 25.3. The Kier molecular flexibility index (Phi) is 46.6. The summed E-state index contributed by atoms with van der Waals surface area (Å²) in [7, 11) is 0. The molecule has 1 unspecified atom stereocenters. The molecule has 0 N–H and O–H groups in total. The second kappa shape index (κ2) is 49.7. The molecule has 0 aliphatic heterocycles. The number of rotatable bonds is 42. The van der Waals surface area contributed by atoms with E-state index in [0.717, 1.165) is 109 Å². The lowest BCUT2D eigenvalue weighted by Gasteiger charge is -2.18. The van der Waals surface area contributed by atoms with Gasteiger partial charge in [-0.2, -0.15) is 0 Å². The van der Waals surface area contributed by atoms with Gasteiger partial charge in [0.05, 0.1) is 6.61 Å². The molecule has 338 valence electrons. The van der Waals surface area contributed by atoms with Crippen molar-refractivity contribution in [3.05, 3.63) is 122 Å². The smallest absolute Gasteiger partial charge is 0.306 e. The first kappa shape index (κ1) is 56.3. The maximum atomic E-state index is 12.7. The molecule has 0 bridgehead atoms. The van der Waals surface area contributed by atoms with Crippen LogP contribution in [0.15, 0.2) is 122 Å². The minimum absolute atomic E-state index is 0.0249. The van der Waals surface area contributed by atoms with Gasteiger partial charge in [-0.1, -0.05) is 187 Å². The number of allylic oxidation sites excluding steroid dienone is 20. The molecule has 5 heteroatoms. The summed E-state index contributed by atoms with van der Waals surface area (Å²) in [5.41, 5.74) is 0. The van der Waals surface area contributed by atoms with Gasteiger partial charge in [0.2, 0.25) is 0 Å². The van der Waals surface area contributed by atoms with Crippen molar-refractivity contribution in [1.82, 2.24) is 0 Å². The summed E-state index contributed by atoms with van der Waals surface area (Å²) in [5.74, 6) is -0.529. The topological polar surface area (TPSA) is 61.8 Å². The molecule has 0 heterocycles. The standard InChI is InChI=1S/C55H88O5/c1-4-7-10-13-16-19-22-24-26-27-28-29-30-31-34-36-39-42-45-48-54(56)59-52-53(60-55(57)49-46-43-40-37-33-21-18-15-12-9-6-3)51-58-50-47-44-41-38-35-32-25-23-20-17-14-11-8-5-2/h7-8,10-11,15-20,24-26,28-29,31-32,34,39,42,53H,4-6,9,12-14,21-23,27,30,33,35-38,40-41,43-52H2,1-3H3/b10-7-,11-8-,18-15-,19-16-,20-17-,26-24-,29-28-,32-25-,34-31-,42-39-. The first-order valence-electron chi connectivity index (χ1n) is 24.1. The Morgan fingerprint density at radius 1 is 0.383 bits per heavy atom. The highest BCUT2D eigenvalue weighted by Crippen LogP contribution is 2.11. The van der Waals surface area contributed by atoms with Crippen LogP contribution in [0.2, 0.25) is 0 Å². The summed E-state index contributed by atoms with van der Waals surface area (Å²) in [6.07, 6.45) is 69.3. The minimum atomic E-state index is -0.589. The third-order valence-corrected chi connectivity index (χ3v) is 9.48. The van der Waals surface area contributed by atoms with E-state index in [1.165, 1.54) is 38.5 Å². The van der Waals surface area contributed by atoms with Crippen molar-refractivity contribution < 1.29 is 23.8 Å². The van der Waals surface area contributed by atoms with Gasteiger partial charge in [-0.15, -0.1) is 0 Å². The lowest BCUT2D eigenvalue weighted by atomic mass is 10.1. The molecule has 0 aliphatic carbocycles. The average molecular weight is 829 g/mol. The van der Waals surface area contributed by atoms with Gasteiger partial charge in [0, 0.05) is 19.4 Å². The molecule has 0 amide bonds. The van der Waals surface area contributed by atoms with Gasteiger partial charge in [-0.05, 0) is 109 Å². The second-order valence-electron chi connectivity index (χ2n) is 15.2. The van der Waals surface area contributed by atoms with Gasteiger partial charge >= 0.3 is 11.9 Å². The molecule has 0 spiro atoms. The molecule has 5 nitrogen and oxygen atoms in total. The molecular formula is C55H88O5. The van der Waals surface area contributed by atoms with Crippen LogP contribution in [0.4, 0.5) is 0 Å². The molecule has 0 aromatic rings. The summed E-state index contributed by atoms with van der Waals surface area (Å²) < 4.78 is 17.2. The number of carbonyl (C=O) groups is 2. The molecule has 0 aromatic carbocycles. The second-order valence-corrected chi connectivity index (χ2v) is 15.2. The largest absolute Gasteiger partial charge is 0.462 e. The Morgan fingerprint density at radius 2 is 0.783 bits per heavy atom. The van der Waals surface area contributed by atoms with Gasteiger partial charge in [0.15, 0.2) is 6.10 Å². The molecule has 60 heavy (non-hydrogen) atoms. The highest BCUT2D eigenvalue weighted by molar-refractivity contribution is 5.70. The summed E-state index contributed by atoms with van der Waals surface area (Å²) >= 11 is 0. The van der Waals surface area contributed by atoms with Gasteiger partial charge in [-0.3, -0.25) is 9.59 Å². The van der Waals surface area contributed by atoms with E-state index in [1.807, 2.05) is 6.08 Å². The zero-order valence-corrected chi connectivity index (χ0v) is 38.7. The van der Waals surface area contributed by atoms with Crippen LogP contribution < -0.4 is 0 Å². The fourth-order valence-electron chi connectivity index (χ4n) is 5.94. The molecule has 1 atom stereocenters. The predicted molar refractivity (Wildman–Crippen MR) is 260 cm³/mol. The Bertz CT molecular complexity index is 1260. The molecular weight excluding hydrogens is 741 g/mol. The predicted octanol–water partition coefficient (Wildman–Crippen LogP) is 16.2. The average Bonchev–Trinajstić information content (AvgIpc) is 3.25. The van der Waals surface area contributed by atoms with Crippen molar-refractivity contribution in [3.63, 3.8) is 0 Å². The molecule has 0 fully saturated rings. The van der Waals surface area contributed by atoms with E-state index < -0.39 is 6.10 Å². The normalized spacial score (nSPS) is 13.3. The van der Waals surface area contributed by atoms with Gasteiger partial charge < -0.3 is 14.2 Å². The molecule has 0 saturated carbocycles. The fourth-order valence-corrected chi connectivity index (χ4v) is 5.94. The Labute approximate surface area is 369 Å². The lowest BCUT2D eigenvalue weighted by Crippen LogP contribution is -2.30. The Hall–Kier alpha value is -3.70. The summed E-state index contributed by atoms with van der Waals surface area (Å²) in [6.45, 7) is 7.40. The highest BCUT2D eigenvalue weighted by atomic mass is 16.6.